The van der Waals surface area contributed by atoms with Gasteiger partial charge in [-0.05, 0) is 18.5 Å². The van der Waals surface area contributed by atoms with E-state index >= 15 is 0 Å². The molecule has 7 heteroatoms. The summed E-state index contributed by atoms with van der Waals surface area (Å²) in [5, 5.41) is 6.43. The van der Waals surface area contributed by atoms with E-state index in [1.165, 1.54) is 6.20 Å². The van der Waals surface area contributed by atoms with Crippen molar-refractivity contribution in [1.82, 2.24) is 15.0 Å². The van der Waals surface area contributed by atoms with Crippen molar-refractivity contribution in [2.45, 2.75) is 13.3 Å². The fourth-order valence-corrected chi connectivity index (χ4v) is 2.23. The van der Waals surface area contributed by atoms with Gasteiger partial charge in [0.05, 0.1) is 16.9 Å². The third-order valence-electron chi connectivity index (χ3n) is 2.09. The highest BCUT2D eigenvalue weighted by atomic mass is 35.5. The van der Waals surface area contributed by atoms with Gasteiger partial charge in [0, 0.05) is 24.0 Å². The molecule has 0 saturated carbocycles. The highest BCUT2D eigenvalue weighted by molar-refractivity contribution is 7.09. The lowest BCUT2D eigenvalue weighted by atomic mass is 10.4. The summed E-state index contributed by atoms with van der Waals surface area (Å²) in [6.45, 7) is 2.69. The number of aromatic nitrogens is 3. The average molecular weight is 270 g/mol. The molecule has 0 aliphatic heterocycles. The van der Waals surface area contributed by atoms with Crippen molar-refractivity contribution in [2.75, 3.05) is 17.6 Å². The maximum absolute atomic E-state index is 5.71. The molecule has 2 heterocycles. The Bertz CT molecular complexity index is 513. The van der Waals surface area contributed by atoms with Crippen LogP contribution in [0.4, 0.5) is 11.5 Å². The quantitative estimate of drug-likeness (QED) is 0.832. The SMILES string of the molecule is Cc1csc(CCNc2nc(Cl)ncc2N)n1. The van der Waals surface area contributed by atoms with Crippen LogP contribution in [0, 0.1) is 6.92 Å². The van der Waals surface area contributed by atoms with Gasteiger partial charge in [0.15, 0.2) is 5.82 Å². The molecule has 90 valence electrons. The molecule has 0 atom stereocenters. The first-order valence-electron chi connectivity index (χ1n) is 5.08. The van der Waals surface area contributed by atoms with E-state index in [1.54, 1.807) is 11.3 Å². The number of thiazole rings is 1. The largest absolute Gasteiger partial charge is 0.394 e. The van der Waals surface area contributed by atoms with Crippen LogP contribution < -0.4 is 11.1 Å². The molecule has 0 radical (unpaired) electrons. The zero-order valence-corrected chi connectivity index (χ0v) is 10.8. The number of nitrogens with one attached hydrogen (secondary N) is 1. The molecule has 17 heavy (non-hydrogen) atoms. The number of nitrogens with two attached hydrogens (primary N) is 1. The van der Waals surface area contributed by atoms with E-state index < -0.39 is 0 Å². The van der Waals surface area contributed by atoms with Gasteiger partial charge < -0.3 is 11.1 Å². The minimum atomic E-state index is 0.187. The standard InChI is InChI=1S/C10H12ClN5S/c1-6-5-17-8(15-6)2-3-13-9-7(12)4-14-10(11)16-9/h4-5H,2-3,12H2,1H3,(H,13,14,16). The summed E-state index contributed by atoms with van der Waals surface area (Å²) in [6, 6.07) is 0. The van der Waals surface area contributed by atoms with E-state index in [4.69, 9.17) is 17.3 Å². The lowest BCUT2D eigenvalue weighted by Crippen LogP contribution is -2.09. The Labute approximate surface area is 108 Å². The maximum Gasteiger partial charge on any atom is 0.224 e. The molecule has 0 aliphatic rings. The van der Waals surface area contributed by atoms with Crippen molar-refractivity contribution in [3.8, 4) is 0 Å². The van der Waals surface area contributed by atoms with Crippen LogP contribution in [0.2, 0.25) is 5.28 Å². The van der Waals surface area contributed by atoms with E-state index in [0.29, 0.717) is 18.1 Å². The number of hydrogen-bond donors (Lipinski definition) is 2. The third kappa shape index (κ3) is 3.28. The average Bonchev–Trinajstić information content (AvgIpc) is 2.69. The van der Waals surface area contributed by atoms with E-state index in [0.717, 1.165) is 17.1 Å². The van der Waals surface area contributed by atoms with Crippen molar-refractivity contribution in [2.24, 2.45) is 0 Å². The minimum Gasteiger partial charge on any atom is -0.394 e. The number of aryl methyl sites for hydroxylation is 1. The van der Waals surface area contributed by atoms with Crippen molar-refractivity contribution in [3.63, 3.8) is 0 Å². The van der Waals surface area contributed by atoms with Crippen LogP contribution in [-0.2, 0) is 6.42 Å². The Morgan fingerprint density at radius 3 is 3.00 bits per heavy atom. The summed E-state index contributed by atoms with van der Waals surface area (Å²) in [7, 11) is 0. The first kappa shape index (κ1) is 12.1. The summed E-state index contributed by atoms with van der Waals surface area (Å²) >= 11 is 7.34. The van der Waals surface area contributed by atoms with Crippen molar-refractivity contribution < 1.29 is 0 Å². The Balaban J connectivity index is 1.91. The first-order chi connectivity index (χ1) is 8.15. The molecule has 2 aromatic rings. The van der Waals surface area contributed by atoms with Gasteiger partial charge in [-0.25, -0.2) is 9.97 Å². The molecule has 0 bridgehead atoms. The van der Waals surface area contributed by atoms with Gasteiger partial charge in [-0.2, -0.15) is 4.98 Å². The summed E-state index contributed by atoms with van der Waals surface area (Å²) in [6.07, 6.45) is 2.32. The van der Waals surface area contributed by atoms with Crippen LogP contribution >= 0.6 is 22.9 Å². The van der Waals surface area contributed by atoms with Crippen molar-refractivity contribution in [1.29, 1.82) is 0 Å². The van der Waals surface area contributed by atoms with Crippen LogP contribution in [0.1, 0.15) is 10.7 Å². The molecule has 0 amide bonds. The molecule has 0 aromatic carbocycles. The Morgan fingerprint density at radius 2 is 2.29 bits per heavy atom. The van der Waals surface area contributed by atoms with E-state index in [2.05, 4.69) is 20.3 Å². The normalized spacial score (nSPS) is 10.5. The molecular formula is C10H12ClN5S. The third-order valence-corrected chi connectivity index (χ3v) is 3.29. The van der Waals surface area contributed by atoms with Gasteiger partial charge >= 0.3 is 0 Å². The van der Waals surface area contributed by atoms with E-state index in [1.807, 2.05) is 12.3 Å². The number of nitrogen functional groups attached to an aromatic ring is 1. The van der Waals surface area contributed by atoms with E-state index in [9.17, 15) is 0 Å². The van der Waals surface area contributed by atoms with Crippen molar-refractivity contribution in [3.05, 3.63) is 27.6 Å². The Kier molecular flexibility index (Phi) is 3.75. The van der Waals surface area contributed by atoms with Crippen molar-refractivity contribution >= 4 is 34.4 Å². The van der Waals surface area contributed by atoms with Crippen LogP contribution in [0.25, 0.3) is 0 Å². The van der Waals surface area contributed by atoms with Gasteiger partial charge in [-0.15, -0.1) is 11.3 Å². The topological polar surface area (TPSA) is 76.7 Å². The monoisotopic (exact) mass is 269 g/mol. The Hall–Kier alpha value is -1.40. The zero-order valence-electron chi connectivity index (χ0n) is 9.27. The highest BCUT2D eigenvalue weighted by Gasteiger charge is 2.03. The first-order valence-corrected chi connectivity index (χ1v) is 6.34. The molecule has 0 unspecified atom stereocenters. The number of anilines is 2. The van der Waals surface area contributed by atoms with Crippen LogP contribution in [0.5, 0.6) is 0 Å². The molecule has 2 aromatic heterocycles. The number of nitrogens with zero attached hydrogens (tertiary/aromatic N) is 3. The second-order valence-corrected chi connectivity index (χ2v) is 4.78. The Morgan fingerprint density at radius 1 is 1.47 bits per heavy atom. The molecule has 0 saturated heterocycles. The van der Waals surface area contributed by atoms with Gasteiger partial charge in [-0.1, -0.05) is 0 Å². The maximum atomic E-state index is 5.71. The second-order valence-electron chi connectivity index (χ2n) is 3.50. The fraction of sp³-hybridized carbons (Fsp3) is 0.300. The smallest absolute Gasteiger partial charge is 0.224 e. The zero-order chi connectivity index (χ0) is 12.3. The molecule has 5 nitrogen and oxygen atoms in total. The predicted octanol–water partition coefficient (Wildman–Crippen LogP) is 2.13. The number of rotatable bonds is 4. The van der Waals surface area contributed by atoms with Crippen LogP contribution in [-0.4, -0.2) is 21.5 Å². The molecule has 0 aliphatic carbocycles. The van der Waals surface area contributed by atoms with Gasteiger partial charge in [-0.3, -0.25) is 0 Å². The van der Waals surface area contributed by atoms with Crippen LogP contribution in [0.15, 0.2) is 11.6 Å². The molecule has 0 spiro atoms. The second kappa shape index (κ2) is 5.29. The lowest BCUT2D eigenvalue weighted by Gasteiger charge is -2.06. The van der Waals surface area contributed by atoms with E-state index in [-0.39, 0.29) is 5.28 Å². The number of halogens is 1. The predicted molar refractivity (Wildman–Crippen MR) is 70.5 cm³/mol. The molecule has 2 rings (SSSR count). The summed E-state index contributed by atoms with van der Waals surface area (Å²) in [4.78, 5) is 12.2. The van der Waals surface area contributed by atoms with Gasteiger partial charge in [0.25, 0.3) is 0 Å². The highest BCUT2D eigenvalue weighted by Crippen LogP contribution is 2.16. The molecule has 0 fully saturated rings. The summed E-state index contributed by atoms with van der Waals surface area (Å²) in [5.41, 5.74) is 7.25. The molecular weight excluding hydrogens is 258 g/mol. The minimum absolute atomic E-state index is 0.187. The fourth-order valence-electron chi connectivity index (χ4n) is 1.32. The summed E-state index contributed by atoms with van der Waals surface area (Å²) in [5.74, 6) is 0.568. The number of hydrogen-bond acceptors (Lipinski definition) is 6. The molecule has 3 N–H and O–H groups in total. The van der Waals surface area contributed by atoms with Gasteiger partial charge in [0.1, 0.15) is 0 Å². The van der Waals surface area contributed by atoms with Gasteiger partial charge in [0.2, 0.25) is 5.28 Å². The lowest BCUT2D eigenvalue weighted by molar-refractivity contribution is 0.974. The summed E-state index contributed by atoms with van der Waals surface area (Å²) < 4.78 is 0. The van der Waals surface area contributed by atoms with Crippen LogP contribution in [0.3, 0.4) is 0 Å².